The minimum Gasteiger partial charge on any atom is -0.377 e. The molecule has 1 fully saturated rings. The maximum atomic E-state index is 14.2. The van der Waals surface area contributed by atoms with Crippen LogP contribution in [0.2, 0.25) is 0 Å². The molecule has 0 bridgehead atoms. The molecule has 1 aliphatic rings. The van der Waals surface area contributed by atoms with Crippen molar-refractivity contribution in [2.75, 3.05) is 29.6 Å². The summed E-state index contributed by atoms with van der Waals surface area (Å²) >= 11 is 6.52. The molecule has 0 aliphatic heterocycles. The number of aromatic nitrogens is 1. The lowest BCUT2D eigenvalue weighted by atomic mass is 9.91. The van der Waals surface area contributed by atoms with Gasteiger partial charge in [0, 0.05) is 52.3 Å². The van der Waals surface area contributed by atoms with E-state index >= 15 is 0 Å². The van der Waals surface area contributed by atoms with Crippen LogP contribution in [0, 0.1) is 5.82 Å². The molecule has 1 aromatic heterocycles. The van der Waals surface area contributed by atoms with Gasteiger partial charge in [0.2, 0.25) is 0 Å². The Morgan fingerprint density at radius 3 is 2.45 bits per heavy atom. The molecule has 2 amide bonds. The first-order valence-corrected chi connectivity index (χ1v) is 12.4. The number of benzene rings is 2. The normalized spacial score (nSPS) is 18.1. The number of anilines is 3. The predicted molar refractivity (Wildman–Crippen MR) is 140 cm³/mol. The van der Waals surface area contributed by atoms with E-state index in [9.17, 15) is 9.18 Å². The zero-order chi connectivity index (χ0) is 23.5. The summed E-state index contributed by atoms with van der Waals surface area (Å²) in [6.07, 6.45) is 3.49. The molecule has 1 saturated carbocycles. The summed E-state index contributed by atoms with van der Waals surface area (Å²) in [4.78, 5) is 19.3. The van der Waals surface area contributed by atoms with Gasteiger partial charge < -0.3 is 20.9 Å². The van der Waals surface area contributed by atoms with Gasteiger partial charge in [-0.25, -0.2) is 14.2 Å². The van der Waals surface area contributed by atoms with Crippen LogP contribution in [0.5, 0.6) is 0 Å². The lowest BCUT2D eigenvalue weighted by Gasteiger charge is -2.30. The zero-order valence-electron chi connectivity index (χ0n) is 18.5. The highest BCUT2D eigenvalue weighted by molar-refractivity contribution is 9.11. The number of urea groups is 1. The number of carbonyl (C=O) groups is 1. The standard InChI is InChI=1S/C24H26Br2FN5O/c1-32(2)21-13-22(30-20-6-4-3-5-17(20)21)28-15-7-9-16(10-8-15)29-24(33)31-23-18(26)11-14(25)12-19(23)27/h3-6,11-13,15-16H,7-10H2,1-2H3,(H,28,30)(H2,29,31,33)/t15-,16+. The number of nitrogens with one attached hydrogen (secondary N) is 3. The van der Waals surface area contributed by atoms with Crippen LogP contribution in [0.3, 0.4) is 0 Å². The molecule has 1 aliphatic carbocycles. The fraction of sp³-hybridized carbons (Fsp3) is 0.333. The minimum absolute atomic E-state index is 0.0437. The Morgan fingerprint density at radius 2 is 1.76 bits per heavy atom. The van der Waals surface area contributed by atoms with E-state index in [1.807, 2.05) is 32.3 Å². The Morgan fingerprint density at radius 1 is 1.06 bits per heavy atom. The van der Waals surface area contributed by atoms with Crippen molar-refractivity contribution in [1.29, 1.82) is 0 Å². The van der Waals surface area contributed by atoms with Gasteiger partial charge in [0.25, 0.3) is 0 Å². The van der Waals surface area contributed by atoms with E-state index in [0.29, 0.717) is 8.95 Å². The third-order valence-corrected chi connectivity index (χ3v) is 6.92. The third-order valence-electron chi connectivity index (χ3n) is 5.84. The highest BCUT2D eigenvalue weighted by atomic mass is 79.9. The number of hydrogen-bond acceptors (Lipinski definition) is 4. The summed E-state index contributed by atoms with van der Waals surface area (Å²) < 4.78 is 15.2. The predicted octanol–water partition coefficient (Wildman–Crippen LogP) is 6.51. The molecule has 6 nitrogen and oxygen atoms in total. The summed E-state index contributed by atoms with van der Waals surface area (Å²) in [7, 11) is 4.07. The van der Waals surface area contributed by atoms with Crippen molar-refractivity contribution in [2.45, 2.75) is 37.8 Å². The fourth-order valence-electron chi connectivity index (χ4n) is 4.19. The molecule has 0 saturated heterocycles. The molecule has 0 unspecified atom stereocenters. The second-order valence-electron chi connectivity index (χ2n) is 8.47. The molecule has 0 radical (unpaired) electrons. The van der Waals surface area contributed by atoms with Crippen LogP contribution in [0.15, 0.2) is 51.4 Å². The monoisotopic (exact) mass is 577 g/mol. The number of fused-ring (bicyclic) bond motifs is 1. The van der Waals surface area contributed by atoms with Gasteiger partial charge in [-0.2, -0.15) is 0 Å². The smallest absolute Gasteiger partial charge is 0.319 e. The number of rotatable bonds is 5. The minimum atomic E-state index is -0.501. The van der Waals surface area contributed by atoms with E-state index in [2.05, 4.69) is 64.8 Å². The van der Waals surface area contributed by atoms with E-state index in [4.69, 9.17) is 4.98 Å². The summed E-state index contributed by atoms with van der Waals surface area (Å²) in [5, 5.41) is 10.3. The van der Waals surface area contributed by atoms with Crippen molar-refractivity contribution in [3.05, 3.63) is 57.2 Å². The van der Waals surface area contributed by atoms with Gasteiger partial charge in [-0.1, -0.05) is 34.1 Å². The van der Waals surface area contributed by atoms with Crippen molar-refractivity contribution in [3.8, 4) is 0 Å². The number of nitrogens with zero attached hydrogens (tertiary/aromatic N) is 2. The second-order valence-corrected chi connectivity index (χ2v) is 10.2. The van der Waals surface area contributed by atoms with Gasteiger partial charge in [0.1, 0.15) is 11.6 Å². The van der Waals surface area contributed by atoms with Crippen molar-refractivity contribution >= 4 is 66.0 Å². The van der Waals surface area contributed by atoms with E-state index in [0.717, 1.165) is 48.1 Å². The summed E-state index contributed by atoms with van der Waals surface area (Å²) in [5.41, 5.74) is 2.22. The molecule has 0 spiro atoms. The maximum Gasteiger partial charge on any atom is 0.319 e. The molecular weight excluding hydrogens is 553 g/mol. The third kappa shape index (κ3) is 5.76. The Hall–Kier alpha value is -2.39. The average molecular weight is 579 g/mol. The molecule has 1 heterocycles. The van der Waals surface area contributed by atoms with Crippen LogP contribution in [-0.2, 0) is 0 Å². The Bertz CT molecular complexity index is 1140. The topological polar surface area (TPSA) is 69.3 Å². The zero-order valence-corrected chi connectivity index (χ0v) is 21.6. The second kappa shape index (κ2) is 10.3. The molecule has 174 valence electrons. The highest BCUT2D eigenvalue weighted by Crippen LogP contribution is 2.31. The molecule has 9 heteroatoms. The number of para-hydroxylation sites is 1. The van der Waals surface area contributed by atoms with Crippen LogP contribution >= 0.6 is 31.9 Å². The number of amides is 2. The van der Waals surface area contributed by atoms with Gasteiger partial charge >= 0.3 is 6.03 Å². The number of halogens is 3. The first kappa shape index (κ1) is 23.8. The summed E-state index contributed by atoms with van der Waals surface area (Å²) in [6, 6.07) is 13.2. The largest absolute Gasteiger partial charge is 0.377 e. The summed E-state index contributed by atoms with van der Waals surface area (Å²) in [5.74, 6) is 0.362. The maximum absolute atomic E-state index is 14.2. The quantitative estimate of drug-likeness (QED) is 0.323. The van der Waals surface area contributed by atoms with Crippen LogP contribution in [-0.4, -0.2) is 37.2 Å². The van der Waals surface area contributed by atoms with Gasteiger partial charge in [-0.15, -0.1) is 0 Å². The van der Waals surface area contributed by atoms with Crippen molar-refractivity contribution < 1.29 is 9.18 Å². The summed E-state index contributed by atoms with van der Waals surface area (Å²) in [6.45, 7) is 0. The van der Waals surface area contributed by atoms with Crippen LogP contribution < -0.4 is 20.9 Å². The molecule has 0 atom stereocenters. The lowest BCUT2D eigenvalue weighted by Crippen LogP contribution is -2.42. The Labute approximate surface area is 209 Å². The average Bonchev–Trinajstić information content (AvgIpc) is 2.77. The van der Waals surface area contributed by atoms with Gasteiger partial charge in [0.05, 0.1) is 11.2 Å². The van der Waals surface area contributed by atoms with E-state index in [-0.39, 0.29) is 17.8 Å². The first-order valence-electron chi connectivity index (χ1n) is 10.9. The Kier molecular flexibility index (Phi) is 7.38. The molecule has 4 rings (SSSR count). The fourth-order valence-corrected chi connectivity index (χ4v) is 5.46. The van der Waals surface area contributed by atoms with Crippen molar-refractivity contribution in [2.24, 2.45) is 0 Å². The first-order chi connectivity index (χ1) is 15.8. The Balaban J connectivity index is 1.34. The molecule has 3 aromatic rings. The number of hydrogen-bond donors (Lipinski definition) is 3. The van der Waals surface area contributed by atoms with Crippen molar-refractivity contribution in [3.63, 3.8) is 0 Å². The molecule has 33 heavy (non-hydrogen) atoms. The number of carbonyl (C=O) groups excluding carboxylic acids is 1. The van der Waals surface area contributed by atoms with Crippen LogP contribution in [0.25, 0.3) is 10.9 Å². The highest BCUT2D eigenvalue weighted by Gasteiger charge is 2.23. The van der Waals surface area contributed by atoms with E-state index in [1.165, 1.54) is 6.07 Å². The number of pyridine rings is 1. The molecular formula is C24H26Br2FN5O. The van der Waals surface area contributed by atoms with Gasteiger partial charge in [-0.05, 0) is 59.8 Å². The lowest BCUT2D eigenvalue weighted by molar-refractivity contribution is 0.243. The van der Waals surface area contributed by atoms with Crippen LogP contribution in [0.1, 0.15) is 25.7 Å². The van der Waals surface area contributed by atoms with Crippen LogP contribution in [0.4, 0.5) is 26.4 Å². The van der Waals surface area contributed by atoms with Gasteiger partial charge in [0.15, 0.2) is 0 Å². The van der Waals surface area contributed by atoms with E-state index in [1.54, 1.807) is 6.07 Å². The molecule has 2 aromatic carbocycles. The molecule has 3 N–H and O–H groups in total. The van der Waals surface area contributed by atoms with Gasteiger partial charge in [-0.3, -0.25) is 0 Å². The SMILES string of the molecule is CN(C)c1cc(N[C@H]2CC[C@@H](NC(=O)Nc3c(F)cc(Br)cc3Br)CC2)nc2ccccc12. The van der Waals surface area contributed by atoms with E-state index < -0.39 is 11.8 Å². The van der Waals surface area contributed by atoms with Crippen molar-refractivity contribution in [1.82, 2.24) is 10.3 Å².